The molecule has 0 N–H and O–H groups in total. The smallest absolute Gasteiger partial charge is 0.293 e. The van der Waals surface area contributed by atoms with Gasteiger partial charge >= 0.3 is 0 Å². The van der Waals surface area contributed by atoms with Crippen LogP contribution in [0.1, 0.15) is 22.3 Å². The van der Waals surface area contributed by atoms with Crippen molar-refractivity contribution in [2.24, 2.45) is 0 Å². The number of benzene rings is 3. The Morgan fingerprint density at radius 1 is 1.00 bits per heavy atom. The van der Waals surface area contributed by atoms with Crippen LogP contribution in [0.4, 0.5) is 10.5 Å². The van der Waals surface area contributed by atoms with Gasteiger partial charge in [0.05, 0.1) is 16.4 Å². The van der Waals surface area contributed by atoms with Crippen LogP contribution < -0.4 is 4.74 Å². The van der Waals surface area contributed by atoms with Gasteiger partial charge in [0, 0.05) is 17.7 Å². The maximum atomic E-state index is 12.9. The summed E-state index contributed by atoms with van der Waals surface area (Å²) in [4.78, 5) is 37.4. The zero-order valence-corrected chi connectivity index (χ0v) is 18.6. The maximum absolute atomic E-state index is 12.9. The SMILES string of the molecule is Cc1ccccc1CN1C(=O)S/C(=C\c2ccccc2OCc2ccc([N+](=O)[O-])cc2)C1=O. The highest BCUT2D eigenvalue weighted by atomic mass is 32.2. The maximum Gasteiger partial charge on any atom is 0.293 e. The third-order valence-corrected chi connectivity index (χ3v) is 6.12. The summed E-state index contributed by atoms with van der Waals surface area (Å²) < 4.78 is 5.90. The van der Waals surface area contributed by atoms with Gasteiger partial charge in [-0.05, 0) is 59.7 Å². The fraction of sp³-hybridized carbons (Fsp3) is 0.120. The minimum Gasteiger partial charge on any atom is -0.488 e. The van der Waals surface area contributed by atoms with Gasteiger partial charge in [-0.3, -0.25) is 24.6 Å². The van der Waals surface area contributed by atoms with Crippen molar-refractivity contribution < 1.29 is 19.2 Å². The number of thioether (sulfide) groups is 1. The number of hydrogen-bond donors (Lipinski definition) is 0. The Hall–Kier alpha value is -3.91. The molecule has 4 rings (SSSR count). The molecule has 1 saturated heterocycles. The van der Waals surface area contributed by atoms with Gasteiger partial charge in [0.1, 0.15) is 12.4 Å². The van der Waals surface area contributed by atoms with Crippen molar-refractivity contribution in [3.63, 3.8) is 0 Å². The second-order valence-electron chi connectivity index (χ2n) is 7.44. The summed E-state index contributed by atoms with van der Waals surface area (Å²) in [5, 5.41) is 10.5. The first kappa shape index (κ1) is 22.3. The number of amides is 2. The molecule has 0 spiro atoms. The van der Waals surface area contributed by atoms with Crippen LogP contribution in [0.15, 0.2) is 77.7 Å². The Morgan fingerprint density at radius 3 is 2.42 bits per heavy atom. The fourth-order valence-corrected chi connectivity index (χ4v) is 4.17. The number of imide groups is 1. The number of para-hydroxylation sites is 1. The summed E-state index contributed by atoms with van der Waals surface area (Å²) >= 11 is 0.908. The van der Waals surface area contributed by atoms with Crippen molar-refractivity contribution in [1.82, 2.24) is 4.90 Å². The van der Waals surface area contributed by atoms with E-state index < -0.39 is 4.92 Å². The first-order chi connectivity index (χ1) is 15.9. The van der Waals surface area contributed by atoms with E-state index in [1.807, 2.05) is 43.3 Å². The number of nitro groups is 1. The molecule has 166 valence electrons. The van der Waals surface area contributed by atoms with Gasteiger partial charge in [-0.2, -0.15) is 0 Å². The van der Waals surface area contributed by atoms with Crippen molar-refractivity contribution in [1.29, 1.82) is 0 Å². The second-order valence-corrected chi connectivity index (χ2v) is 8.44. The van der Waals surface area contributed by atoms with Crippen LogP contribution in [0.25, 0.3) is 6.08 Å². The molecule has 2 amide bonds. The van der Waals surface area contributed by atoms with Crippen molar-refractivity contribution in [2.75, 3.05) is 0 Å². The van der Waals surface area contributed by atoms with Crippen LogP contribution in [-0.2, 0) is 17.9 Å². The predicted molar refractivity (Wildman–Crippen MR) is 127 cm³/mol. The van der Waals surface area contributed by atoms with Gasteiger partial charge in [0.15, 0.2) is 0 Å². The molecular formula is C25H20N2O5S. The van der Waals surface area contributed by atoms with Crippen molar-refractivity contribution in [3.05, 3.63) is 110 Å². The van der Waals surface area contributed by atoms with Crippen molar-refractivity contribution in [3.8, 4) is 5.75 Å². The van der Waals surface area contributed by atoms with Crippen molar-refractivity contribution in [2.45, 2.75) is 20.1 Å². The third kappa shape index (κ3) is 5.12. The fourth-order valence-electron chi connectivity index (χ4n) is 3.34. The van der Waals surface area contributed by atoms with Gasteiger partial charge in [-0.15, -0.1) is 0 Å². The van der Waals surface area contributed by atoms with E-state index in [-0.39, 0.29) is 30.0 Å². The average Bonchev–Trinajstić information content (AvgIpc) is 3.07. The van der Waals surface area contributed by atoms with Crippen LogP contribution in [0, 0.1) is 17.0 Å². The van der Waals surface area contributed by atoms with E-state index in [0.717, 1.165) is 28.5 Å². The molecule has 0 atom stereocenters. The van der Waals surface area contributed by atoms with Gasteiger partial charge in [0.2, 0.25) is 0 Å². The Labute approximate surface area is 194 Å². The number of rotatable bonds is 7. The number of nitro benzene ring substituents is 1. The average molecular weight is 461 g/mol. The molecule has 0 aliphatic carbocycles. The van der Waals surface area contributed by atoms with E-state index in [2.05, 4.69) is 0 Å². The monoisotopic (exact) mass is 460 g/mol. The Morgan fingerprint density at radius 2 is 1.70 bits per heavy atom. The number of aryl methyl sites for hydroxylation is 1. The first-order valence-corrected chi connectivity index (χ1v) is 11.0. The lowest BCUT2D eigenvalue weighted by Crippen LogP contribution is -2.27. The summed E-state index contributed by atoms with van der Waals surface area (Å²) in [6.45, 7) is 2.38. The highest BCUT2D eigenvalue weighted by Gasteiger charge is 2.35. The number of hydrogen-bond acceptors (Lipinski definition) is 6. The largest absolute Gasteiger partial charge is 0.488 e. The Bertz CT molecular complexity index is 1250. The highest BCUT2D eigenvalue weighted by Crippen LogP contribution is 2.35. The lowest BCUT2D eigenvalue weighted by Gasteiger charge is -2.14. The van der Waals surface area contributed by atoms with Gasteiger partial charge in [0.25, 0.3) is 16.8 Å². The van der Waals surface area contributed by atoms with Crippen LogP contribution in [0.3, 0.4) is 0 Å². The zero-order valence-electron chi connectivity index (χ0n) is 17.8. The van der Waals surface area contributed by atoms with E-state index in [0.29, 0.717) is 16.2 Å². The molecule has 1 aliphatic rings. The van der Waals surface area contributed by atoms with E-state index >= 15 is 0 Å². The van der Waals surface area contributed by atoms with Crippen LogP contribution >= 0.6 is 11.8 Å². The molecule has 3 aromatic carbocycles. The highest BCUT2D eigenvalue weighted by molar-refractivity contribution is 8.18. The molecule has 33 heavy (non-hydrogen) atoms. The molecular weight excluding hydrogens is 440 g/mol. The molecule has 0 aromatic heterocycles. The molecule has 0 bridgehead atoms. The Kier molecular flexibility index (Phi) is 6.55. The summed E-state index contributed by atoms with van der Waals surface area (Å²) in [6, 6.07) is 21.0. The van der Waals surface area contributed by atoms with Gasteiger partial charge in [-0.1, -0.05) is 42.5 Å². The van der Waals surface area contributed by atoms with E-state index in [1.165, 1.54) is 17.0 Å². The summed E-state index contributed by atoms with van der Waals surface area (Å²) in [5.41, 5.74) is 3.40. The third-order valence-electron chi connectivity index (χ3n) is 5.21. The van der Waals surface area contributed by atoms with Crippen LogP contribution in [0.5, 0.6) is 5.75 Å². The normalized spacial score (nSPS) is 14.7. The molecule has 1 heterocycles. The molecule has 1 fully saturated rings. The van der Waals surface area contributed by atoms with E-state index in [4.69, 9.17) is 4.74 Å². The minimum atomic E-state index is -0.452. The predicted octanol–water partition coefficient (Wildman–Crippen LogP) is 5.72. The number of carbonyl (C=O) groups excluding carboxylic acids is 2. The molecule has 1 aliphatic heterocycles. The van der Waals surface area contributed by atoms with Crippen molar-refractivity contribution >= 4 is 34.7 Å². The number of carbonyl (C=O) groups is 2. The van der Waals surface area contributed by atoms with Gasteiger partial charge < -0.3 is 4.74 Å². The molecule has 8 heteroatoms. The van der Waals surface area contributed by atoms with Crippen LogP contribution in [-0.4, -0.2) is 21.0 Å². The summed E-state index contributed by atoms with van der Waals surface area (Å²) in [6.07, 6.45) is 1.66. The topological polar surface area (TPSA) is 89.8 Å². The van der Waals surface area contributed by atoms with Crippen LogP contribution in [0.2, 0.25) is 0 Å². The quantitative estimate of drug-likeness (QED) is 0.255. The molecule has 3 aromatic rings. The molecule has 0 unspecified atom stereocenters. The lowest BCUT2D eigenvalue weighted by atomic mass is 10.1. The Balaban J connectivity index is 1.50. The minimum absolute atomic E-state index is 0.0144. The van der Waals surface area contributed by atoms with E-state index in [9.17, 15) is 19.7 Å². The zero-order chi connectivity index (χ0) is 23.4. The summed E-state index contributed by atoms with van der Waals surface area (Å²) in [5.74, 6) is 0.208. The summed E-state index contributed by atoms with van der Waals surface area (Å²) in [7, 11) is 0. The second kappa shape index (κ2) is 9.70. The molecule has 0 saturated carbocycles. The number of non-ortho nitro benzene ring substituents is 1. The standard InChI is InChI=1S/C25H20N2O5S/c1-17-6-2-3-8-20(17)15-26-24(28)23(33-25(26)29)14-19-7-4-5-9-22(19)32-16-18-10-12-21(13-11-18)27(30)31/h2-14H,15-16H2,1H3/b23-14-. The lowest BCUT2D eigenvalue weighted by molar-refractivity contribution is -0.384. The molecule has 7 nitrogen and oxygen atoms in total. The number of ether oxygens (including phenoxy) is 1. The molecule has 0 radical (unpaired) electrons. The number of nitrogens with zero attached hydrogens (tertiary/aromatic N) is 2. The van der Waals surface area contributed by atoms with E-state index in [1.54, 1.807) is 30.3 Å². The first-order valence-electron chi connectivity index (χ1n) is 10.2. The van der Waals surface area contributed by atoms with Gasteiger partial charge in [-0.25, -0.2) is 0 Å².